The van der Waals surface area contributed by atoms with Crippen molar-refractivity contribution in [3.8, 4) is 6.07 Å². The Labute approximate surface area is 64.9 Å². The van der Waals surface area contributed by atoms with Gasteiger partial charge in [-0.05, 0) is 12.5 Å². The van der Waals surface area contributed by atoms with Gasteiger partial charge in [-0.1, -0.05) is 0 Å². The van der Waals surface area contributed by atoms with Gasteiger partial charge in [0, 0.05) is 17.3 Å². The molecule has 0 aliphatic heterocycles. The van der Waals surface area contributed by atoms with Gasteiger partial charge in [-0.25, -0.2) is 0 Å². The van der Waals surface area contributed by atoms with Gasteiger partial charge in [0.1, 0.15) is 6.07 Å². The van der Waals surface area contributed by atoms with E-state index < -0.39 is 0 Å². The molecule has 1 aromatic heterocycles. The van der Waals surface area contributed by atoms with Crippen molar-refractivity contribution in [3.63, 3.8) is 0 Å². The van der Waals surface area contributed by atoms with Crippen LogP contribution in [0.5, 0.6) is 0 Å². The fourth-order valence-corrected chi connectivity index (χ4v) is 0.814. The third-order valence-corrected chi connectivity index (χ3v) is 1.76. The van der Waals surface area contributed by atoms with E-state index in [1.165, 1.54) is 6.20 Å². The van der Waals surface area contributed by atoms with Gasteiger partial charge >= 0.3 is 0 Å². The van der Waals surface area contributed by atoms with Crippen LogP contribution in [0.3, 0.4) is 0 Å². The number of nitrogens with zero attached hydrogens (tertiary/aromatic N) is 2. The van der Waals surface area contributed by atoms with Crippen LogP contribution in [0.25, 0.3) is 0 Å². The van der Waals surface area contributed by atoms with Crippen LogP contribution in [-0.2, 0) is 0 Å². The molecule has 0 atom stereocenters. The molecule has 0 unspecified atom stereocenters. The highest BCUT2D eigenvalue weighted by Crippen LogP contribution is 2.13. The van der Waals surface area contributed by atoms with Crippen LogP contribution in [0.1, 0.15) is 11.1 Å². The second-order valence-electron chi connectivity index (χ2n) is 1.94. The first-order valence-corrected chi connectivity index (χ1v) is 3.24. The summed E-state index contributed by atoms with van der Waals surface area (Å²) >= 11 is 4.11. The molecule has 0 saturated carbocycles. The molecule has 3 heteroatoms. The summed E-state index contributed by atoms with van der Waals surface area (Å²) in [4.78, 5) is 4.58. The predicted octanol–water partition coefficient (Wildman–Crippen LogP) is 1.55. The molecular weight excluding hydrogens is 144 g/mol. The van der Waals surface area contributed by atoms with E-state index in [0.29, 0.717) is 5.56 Å². The highest BCUT2D eigenvalue weighted by Gasteiger charge is 1.98. The number of rotatable bonds is 0. The summed E-state index contributed by atoms with van der Waals surface area (Å²) in [5.74, 6) is 0. The molecule has 0 saturated heterocycles. The van der Waals surface area contributed by atoms with Gasteiger partial charge in [-0.15, -0.1) is 12.6 Å². The molecule has 0 fully saturated rings. The summed E-state index contributed by atoms with van der Waals surface area (Å²) in [6, 6.07) is 2.02. The van der Waals surface area contributed by atoms with Crippen LogP contribution in [0.2, 0.25) is 0 Å². The highest BCUT2D eigenvalue weighted by molar-refractivity contribution is 7.80. The highest BCUT2D eigenvalue weighted by atomic mass is 32.1. The Hall–Kier alpha value is -1.01. The second kappa shape index (κ2) is 2.72. The quantitative estimate of drug-likeness (QED) is 0.570. The predicted molar refractivity (Wildman–Crippen MR) is 40.9 cm³/mol. The molecule has 1 rings (SSSR count). The molecule has 0 N–H and O–H groups in total. The Kier molecular flexibility index (Phi) is 1.93. The fourth-order valence-electron chi connectivity index (χ4n) is 0.627. The van der Waals surface area contributed by atoms with Crippen LogP contribution >= 0.6 is 12.6 Å². The van der Waals surface area contributed by atoms with E-state index in [9.17, 15) is 0 Å². The van der Waals surface area contributed by atoms with Crippen LogP contribution in [-0.4, -0.2) is 4.98 Å². The average molecular weight is 150 g/mol. The molecule has 0 spiro atoms. The first-order chi connectivity index (χ1) is 4.75. The maximum absolute atomic E-state index is 8.52. The first kappa shape index (κ1) is 7.10. The summed E-state index contributed by atoms with van der Waals surface area (Å²) in [5, 5.41) is 8.52. The Balaban J connectivity index is 3.31. The van der Waals surface area contributed by atoms with Crippen molar-refractivity contribution in [1.82, 2.24) is 4.98 Å². The zero-order valence-corrected chi connectivity index (χ0v) is 6.39. The van der Waals surface area contributed by atoms with Gasteiger partial charge in [0.05, 0.1) is 5.56 Å². The van der Waals surface area contributed by atoms with Crippen LogP contribution in [0, 0.1) is 18.3 Å². The fraction of sp³-hybridized carbons (Fsp3) is 0.143. The van der Waals surface area contributed by atoms with E-state index in [1.54, 1.807) is 6.20 Å². The largest absolute Gasteiger partial charge is 0.262 e. The van der Waals surface area contributed by atoms with Crippen molar-refractivity contribution in [2.75, 3.05) is 0 Å². The van der Waals surface area contributed by atoms with E-state index in [1.807, 2.05) is 13.0 Å². The third-order valence-electron chi connectivity index (χ3n) is 1.31. The van der Waals surface area contributed by atoms with Gasteiger partial charge in [0.2, 0.25) is 0 Å². The van der Waals surface area contributed by atoms with Gasteiger partial charge in [-0.3, -0.25) is 4.98 Å². The SMILES string of the molecule is Cc1c(S)cncc1C#N. The summed E-state index contributed by atoms with van der Waals surface area (Å²) in [6.07, 6.45) is 3.16. The van der Waals surface area contributed by atoms with Crippen molar-refractivity contribution in [1.29, 1.82) is 5.26 Å². The zero-order chi connectivity index (χ0) is 7.56. The number of aromatic nitrogens is 1. The minimum Gasteiger partial charge on any atom is -0.262 e. The van der Waals surface area contributed by atoms with E-state index >= 15 is 0 Å². The molecule has 0 radical (unpaired) electrons. The molecule has 0 aromatic carbocycles. The topological polar surface area (TPSA) is 36.7 Å². The number of hydrogen-bond acceptors (Lipinski definition) is 3. The molecule has 0 aliphatic carbocycles. The van der Waals surface area contributed by atoms with Crippen LogP contribution in [0.15, 0.2) is 17.3 Å². The molecule has 0 aliphatic rings. The normalized spacial score (nSPS) is 8.90. The molecule has 1 heterocycles. The average Bonchev–Trinajstić information content (AvgIpc) is 1.95. The maximum Gasteiger partial charge on any atom is 0.101 e. The lowest BCUT2D eigenvalue weighted by Crippen LogP contribution is -1.85. The lowest BCUT2D eigenvalue weighted by atomic mass is 10.2. The minimum atomic E-state index is 0.590. The molecule has 10 heavy (non-hydrogen) atoms. The molecule has 2 nitrogen and oxygen atoms in total. The Bertz CT molecular complexity index is 288. The molecule has 50 valence electrons. The lowest BCUT2D eigenvalue weighted by molar-refractivity contribution is 1.16. The second-order valence-corrected chi connectivity index (χ2v) is 2.42. The lowest BCUT2D eigenvalue weighted by Gasteiger charge is -1.96. The summed E-state index contributed by atoms with van der Waals surface area (Å²) in [6.45, 7) is 1.85. The molecule has 1 aromatic rings. The van der Waals surface area contributed by atoms with Gasteiger partial charge in [-0.2, -0.15) is 5.26 Å². The Morgan fingerprint density at radius 1 is 1.60 bits per heavy atom. The van der Waals surface area contributed by atoms with Gasteiger partial charge in [0.15, 0.2) is 0 Å². The molecular formula is C7H6N2S. The molecule has 0 bridgehead atoms. The first-order valence-electron chi connectivity index (χ1n) is 2.79. The van der Waals surface area contributed by atoms with Crippen LogP contribution in [0.4, 0.5) is 0 Å². The summed E-state index contributed by atoms with van der Waals surface area (Å²) < 4.78 is 0. The summed E-state index contributed by atoms with van der Waals surface area (Å²) in [5.41, 5.74) is 1.48. The number of pyridine rings is 1. The summed E-state index contributed by atoms with van der Waals surface area (Å²) in [7, 11) is 0. The van der Waals surface area contributed by atoms with E-state index in [2.05, 4.69) is 17.6 Å². The van der Waals surface area contributed by atoms with E-state index in [4.69, 9.17) is 5.26 Å². The van der Waals surface area contributed by atoms with Gasteiger partial charge in [0.25, 0.3) is 0 Å². The van der Waals surface area contributed by atoms with Crippen molar-refractivity contribution in [2.45, 2.75) is 11.8 Å². The smallest absolute Gasteiger partial charge is 0.101 e. The van der Waals surface area contributed by atoms with Crippen molar-refractivity contribution < 1.29 is 0 Å². The van der Waals surface area contributed by atoms with Gasteiger partial charge < -0.3 is 0 Å². The standard InChI is InChI=1S/C7H6N2S/c1-5-6(2-8)3-9-4-7(5)10/h3-4,10H,1H3. The number of thiol groups is 1. The molecule has 0 amide bonds. The van der Waals surface area contributed by atoms with Crippen LogP contribution < -0.4 is 0 Å². The minimum absolute atomic E-state index is 0.590. The third kappa shape index (κ3) is 1.12. The zero-order valence-electron chi connectivity index (χ0n) is 5.50. The number of hydrogen-bond donors (Lipinski definition) is 1. The van der Waals surface area contributed by atoms with E-state index in [-0.39, 0.29) is 0 Å². The van der Waals surface area contributed by atoms with E-state index in [0.717, 1.165) is 10.5 Å². The maximum atomic E-state index is 8.52. The van der Waals surface area contributed by atoms with Crippen molar-refractivity contribution >= 4 is 12.6 Å². The van der Waals surface area contributed by atoms with Crippen molar-refractivity contribution in [3.05, 3.63) is 23.5 Å². The monoisotopic (exact) mass is 150 g/mol. The Morgan fingerprint density at radius 2 is 2.30 bits per heavy atom. The van der Waals surface area contributed by atoms with Crippen molar-refractivity contribution in [2.24, 2.45) is 0 Å². The Morgan fingerprint density at radius 3 is 2.80 bits per heavy atom. The number of nitriles is 1.